The average molecular weight is 367 g/mol. The summed E-state index contributed by atoms with van der Waals surface area (Å²) in [6, 6.07) is 5.60. The number of piperidine rings is 1. The summed E-state index contributed by atoms with van der Waals surface area (Å²) < 4.78 is 3.48. The Hall–Kier alpha value is -3.30. The number of nitrogens with one attached hydrogen (secondary N) is 1. The lowest BCUT2D eigenvalue weighted by molar-refractivity contribution is 0.190. The molecule has 3 aromatic rings. The van der Waals surface area contributed by atoms with E-state index in [1.54, 1.807) is 11.0 Å². The molecule has 1 aliphatic rings. The molecule has 1 saturated heterocycles. The lowest BCUT2D eigenvalue weighted by atomic mass is 9.97. The Labute approximate surface area is 156 Å². The molecule has 10 heteroatoms. The molecule has 1 aliphatic heterocycles. The van der Waals surface area contributed by atoms with Crippen LogP contribution in [0.2, 0.25) is 0 Å². The number of aryl methyl sites for hydroxylation is 2. The van der Waals surface area contributed by atoms with Crippen molar-refractivity contribution in [2.45, 2.75) is 25.7 Å². The van der Waals surface area contributed by atoms with Gasteiger partial charge in [0.15, 0.2) is 0 Å². The largest absolute Gasteiger partial charge is 0.324 e. The fourth-order valence-corrected chi connectivity index (χ4v) is 3.40. The molecule has 27 heavy (non-hydrogen) atoms. The summed E-state index contributed by atoms with van der Waals surface area (Å²) in [6.07, 6.45) is 5.16. The van der Waals surface area contributed by atoms with Crippen molar-refractivity contribution in [1.29, 1.82) is 0 Å². The Morgan fingerprint density at radius 2 is 2.15 bits per heavy atom. The molecule has 10 nitrogen and oxygen atoms in total. The third-order valence-corrected chi connectivity index (χ3v) is 4.90. The van der Waals surface area contributed by atoms with Crippen molar-refractivity contribution < 1.29 is 4.79 Å². The number of carbonyl (C=O) groups is 1. The Kier molecular flexibility index (Phi) is 4.53. The summed E-state index contributed by atoms with van der Waals surface area (Å²) in [5, 5.41) is 22.4. The molecule has 0 radical (unpaired) electrons. The van der Waals surface area contributed by atoms with Gasteiger partial charge in [-0.05, 0) is 47.9 Å². The first-order valence-electron chi connectivity index (χ1n) is 8.85. The highest BCUT2D eigenvalue weighted by atomic mass is 16.2. The van der Waals surface area contributed by atoms with Crippen molar-refractivity contribution in [2.75, 3.05) is 18.4 Å². The second-order valence-corrected chi connectivity index (χ2v) is 6.77. The SMILES string of the molecule is Cc1ccc(-n2cnnn2)cc1NC(=O)N1CCCC(c2nncn2C)C1. The highest BCUT2D eigenvalue weighted by Crippen LogP contribution is 2.26. The summed E-state index contributed by atoms with van der Waals surface area (Å²) >= 11 is 0. The second-order valence-electron chi connectivity index (χ2n) is 6.77. The fraction of sp³-hybridized carbons (Fsp3) is 0.412. The van der Waals surface area contributed by atoms with Gasteiger partial charge in [-0.25, -0.2) is 9.48 Å². The lowest BCUT2D eigenvalue weighted by Gasteiger charge is -2.32. The molecule has 2 amide bonds. The van der Waals surface area contributed by atoms with Gasteiger partial charge in [-0.3, -0.25) is 0 Å². The number of tetrazole rings is 1. The number of likely N-dealkylation sites (tertiary alicyclic amines) is 1. The smallest absolute Gasteiger partial charge is 0.321 e. The molecule has 1 aromatic carbocycles. The molecule has 1 N–H and O–H groups in total. The van der Waals surface area contributed by atoms with E-state index < -0.39 is 0 Å². The van der Waals surface area contributed by atoms with Crippen LogP contribution in [0.25, 0.3) is 5.69 Å². The number of amides is 2. The van der Waals surface area contributed by atoms with Gasteiger partial charge < -0.3 is 14.8 Å². The molecule has 2 aromatic heterocycles. The van der Waals surface area contributed by atoms with Crippen molar-refractivity contribution in [2.24, 2.45) is 7.05 Å². The van der Waals surface area contributed by atoms with E-state index in [4.69, 9.17) is 0 Å². The van der Waals surface area contributed by atoms with Crippen molar-refractivity contribution in [3.8, 4) is 5.69 Å². The maximum absolute atomic E-state index is 12.8. The zero-order valence-electron chi connectivity index (χ0n) is 15.3. The van der Waals surface area contributed by atoms with E-state index in [0.29, 0.717) is 6.54 Å². The van der Waals surface area contributed by atoms with Gasteiger partial charge in [0.25, 0.3) is 0 Å². The van der Waals surface area contributed by atoms with Crippen molar-refractivity contribution >= 4 is 11.7 Å². The summed E-state index contributed by atoms with van der Waals surface area (Å²) in [4.78, 5) is 14.7. The second kappa shape index (κ2) is 7.14. The topological polar surface area (TPSA) is 107 Å². The first-order valence-corrected chi connectivity index (χ1v) is 8.85. The third-order valence-electron chi connectivity index (χ3n) is 4.90. The van der Waals surface area contributed by atoms with Crippen LogP contribution in [0.4, 0.5) is 10.5 Å². The molecular weight excluding hydrogens is 346 g/mol. The molecule has 0 bridgehead atoms. The number of aromatic nitrogens is 7. The molecule has 0 spiro atoms. The van der Waals surface area contributed by atoms with Crippen LogP contribution in [0.5, 0.6) is 0 Å². The number of urea groups is 1. The van der Waals surface area contributed by atoms with E-state index >= 15 is 0 Å². The number of carbonyl (C=O) groups excluding carboxylic acids is 1. The quantitative estimate of drug-likeness (QED) is 0.752. The van der Waals surface area contributed by atoms with Gasteiger partial charge in [-0.15, -0.1) is 15.3 Å². The van der Waals surface area contributed by atoms with E-state index in [2.05, 4.69) is 31.0 Å². The van der Waals surface area contributed by atoms with Gasteiger partial charge in [-0.1, -0.05) is 6.07 Å². The van der Waals surface area contributed by atoms with Crippen molar-refractivity contribution in [3.05, 3.63) is 42.2 Å². The van der Waals surface area contributed by atoms with Crippen LogP contribution in [0.3, 0.4) is 0 Å². The monoisotopic (exact) mass is 367 g/mol. The molecule has 3 heterocycles. The first-order chi connectivity index (χ1) is 13.1. The van der Waals surface area contributed by atoms with Crippen LogP contribution in [0.15, 0.2) is 30.9 Å². The molecule has 0 aliphatic carbocycles. The number of rotatable bonds is 3. The third kappa shape index (κ3) is 3.50. The summed E-state index contributed by atoms with van der Waals surface area (Å²) in [6.45, 7) is 3.31. The summed E-state index contributed by atoms with van der Waals surface area (Å²) in [5.74, 6) is 1.12. The minimum Gasteiger partial charge on any atom is -0.324 e. The van der Waals surface area contributed by atoms with E-state index in [9.17, 15) is 4.79 Å². The predicted molar refractivity (Wildman–Crippen MR) is 97.5 cm³/mol. The summed E-state index contributed by atoms with van der Waals surface area (Å²) in [5.41, 5.74) is 2.51. The van der Waals surface area contributed by atoms with Crippen LogP contribution < -0.4 is 5.32 Å². The fourth-order valence-electron chi connectivity index (χ4n) is 3.40. The Balaban J connectivity index is 1.49. The molecule has 1 fully saturated rings. The minimum absolute atomic E-state index is 0.112. The van der Waals surface area contributed by atoms with E-state index in [1.807, 2.05) is 41.6 Å². The first kappa shape index (κ1) is 17.1. The molecule has 1 atom stereocenters. The van der Waals surface area contributed by atoms with E-state index in [-0.39, 0.29) is 11.9 Å². The standard InChI is InChI=1S/C17H21N9O/c1-12-5-6-14(26-11-19-22-23-26)8-15(12)20-17(27)25-7-3-4-13(9-25)16-21-18-10-24(16)2/h5-6,8,10-11,13H,3-4,7,9H2,1-2H3,(H,20,27). The van der Waals surface area contributed by atoms with Crippen LogP contribution in [-0.2, 0) is 7.05 Å². The lowest BCUT2D eigenvalue weighted by Crippen LogP contribution is -2.42. The van der Waals surface area contributed by atoms with Gasteiger partial charge >= 0.3 is 6.03 Å². The zero-order valence-corrected chi connectivity index (χ0v) is 15.3. The van der Waals surface area contributed by atoms with E-state index in [1.165, 1.54) is 6.33 Å². The Morgan fingerprint density at radius 1 is 1.26 bits per heavy atom. The maximum Gasteiger partial charge on any atom is 0.321 e. The van der Waals surface area contributed by atoms with E-state index in [0.717, 1.165) is 42.1 Å². The number of benzene rings is 1. The van der Waals surface area contributed by atoms with Gasteiger partial charge in [0.2, 0.25) is 0 Å². The maximum atomic E-state index is 12.8. The van der Waals surface area contributed by atoms with Gasteiger partial charge in [0.1, 0.15) is 18.5 Å². The molecular formula is C17H21N9O. The number of anilines is 1. The number of hydrogen-bond acceptors (Lipinski definition) is 6. The van der Waals surface area contributed by atoms with Crippen LogP contribution in [-0.4, -0.2) is 59.0 Å². The van der Waals surface area contributed by atoms with Crippen LogP contribution in [0.1, 0.15) is 30.1 Å². The van der Waals surface area contributed by atoms with Gasteiger partial charge in [-0.2, -0.15) is 0 Å². The highest BCUT2D eigenvalue weighted by Gasteiger charge is 2.27. The van der Waals surface area contributed by atoms with Crippen LogP contribution >= 0.6 is 0 Å². The normalized spacial score (nSPS) is 17.1. The highest BCUT2D eigenvalue weighted by molar-refractivity contribution is 5.90. The van der Waals surface area contributed by atoms with Crippen molar-refractivity contribution in [1.82, 2.24) is 39.9 Å². The Bertz CT molecular complexity index is 934. The molecule has 1 unspecified atom stereocenters. The zero-order chi connectivity index (χ0) is 18.8. The average Bonchev–Trinajstić information content (AvgIpc) is 3.35. The number of hydrogen-bond donors (Lipinski definition) is 1. The Morgan fingerprint density at radius 3 is 2.89 bits per heavy atom. The number of nitrogens with zero attached hydrogens (tertiary/aromatic N) is 8. The molecule has 4 rings (SSSR count). The van der Waals surface area contributed by atoms with Gasteiger partial charge in [0.05, 0.1) is 5.69 Å². The van der Waals surface area contributed by atoms with Crippen LogP contribution in [0, 0.1) is 6.92 Å². The predicted octanol–water partition coefficient (Wildman–Crippen LogP) is 1.51. The molecule has 140 valence electrons. The minimum atomic E-state index is -0.112. The summed E-state index contributed by atoms with van der Waals surface area (Å²) in [7, 11) is 1.93. The van der Waals surface area contributed by atoms with Crippen molar-refractivity contribution in [3.63, 3.8) is 0 Å². The van der Waals surface area contributed by atoms with Gasteiger partial charge in [0, 0.05) is 31.7 Å². The molecule has 0 saturated carbocycles.